The standard InChI is InChI=1S/C18H19N3O2S/c1-12-16(20-18(24-12)15-8-5-9-23-15)17(22)19-14-7-4-6-13(10-14)11-21(2)3/h4-10H,11H2,1-3H3,(H,19,22). The topological polar surface area (TPSA) is 58.4 Å². The molecule has 124 valence electrons. The maximum Gasteiger partial charge on any atom is 0.275 e. The van der Waals surface area contributed by atoms with Gasteiger partial charge < -0.3 is 14.6 Å². The van der Waals surface area contributed by atoms with Gasteiger partial charge in [0.1, 0.15) is 5.69 Å². The summed E-state index contributed by atoms with van der Waals surface area (Å²) in [6, 6.07) is 11.5. The minimum Gasteiger partial charge on any atom is -0.462 e. The number of rotatable bonds is 5. The van der Waals surface area contributed by atoms with E-state index in [1.165, 1.54) is 11.3 Å². The minimum atomic E-state index is -0.205. The molecular weight excluding hydrogens is 322 g/mol. The number of hydrogen-bond acceptors (Lipinski definition) is 5. The predicted octanol–water partition coefficient (Wildman–Crippen LogP) is 4.03. The van der Waals surface area contributed by atoms with Gasteiger partial charge >= 0.3 is 0 Å². The molecule has 3 aromatic rings. The quantitative estimate of drug-likeness (QED) is 0.761. The highest BCUT2D eigenvalue weighted by Gasteiger charge is 2.17. The normalized spacial score (nSPS) is 11.0. The van der Waals surface area contributed by atoms with E-state index in [1.54, 1.807) is 6.26 Å². The van der Waals surface area contributed by atoms with Crippen molar-refractivity contribution in [2.45, 2.75) is 13.5 Å². The van der Waals surface area contributed by atoms with E-state index < -0.39 is 0 Å². The number of carbonyl (C=O) groups is 1. The number of nitrogens with one attached hydrogen (secondary N) is 1. The van der Waals surface area contributed by atoms with Gasteiger partial charge in [0.25, 0.3) is 5.91 Å². The van der Waals surface area contributed by atoms with Crippen LogP contribution in [0, 0.1) is 6.92 Å². The number of furan rings is 1. The lowest BCUT2D eigenvalue weighted by molar-refractivity contribution is 0.102. The van der Waals surface area contributed by atoms with Gasteiger partial charge in [-0.05, 0) is 50.8 Å². The molecule has 5 nitrogen and oxygen atoms in total. The molecule has 0 aliphatic heterocycles. The lowest BCUT2D eigenvalue weighted by atomic mass is 10.2. The Morgan fingerprint density at radius 1 is 1.29 bits per heavy atom. The Hall–Kier alpha value is -2.44. The van der Waals surface area contributed by atoms with Gasteiger partial charge in [0.15, 0.2) is 10.8 Å². The predicted molar refractivity (Wildman–Crippen MR) is 96.3 cm³/mol. The number of thiazole rings is 1. The van der Waals surface area contributed by atoms with Crippen molar-refractivity contribution in [3.05, 3.63) is 58.8 Å². The van der Waals surface area contributed by atoms with Crippen molar-refractivity contribution in [2.75, 3.05) is 19.4 Å². The Morgan fingerprint density at radius 3 is 2.83 bits per heavy atom. The van der Waals surface area contributed by atoms with Crippen LogP contribution in [0.2, 0.25) is 0 Å². The van der Waals surface area contributed by atoms with Crippen LogP contribution in [0.5, 0.6) is 0 Å². The van der Waals surface area contributed by atoms with Gasteiger partial charge in [-0.2, -0.15) is 0 Å². The third-order valence-corrected chi connectivity index (χ3v) is 4.41. The Balaban J connectivity index is 1.78. The number of benzene rings is 1. The average molecular weight is 341 g/mol. The monoisotopic (exact) mass is 341 g/mol. The Labute approximate surface area is 144 Å². The molecule has 0 saturated carbocycles. The van der Waals surface area contributed by atoms with E-state index in [2.05, 4.69) is 15.2 Å². The molecule has 0 unspecified atom stereocenters. The van der Waals surface area contributed by atoms with Crippen molar-refractivity contribution < 1.29 is 9.21 Å². The fourth-order valence-electron chi connectivity index (χ4n) is 2.42. The molecule has 0 fully saturated rings. The van der Waals surface area contributed by atoms with Crippen LogP contribution in [0.25, 0.3) is 10.8 Å². The highest BCUT2D eigenvalue weighted by molar-refractivity contribution is 7.15. The van der Waals surface area contributed by atoms with Crippen LogP contribution >= 0.6 is 11.3 Å². The van der Waals surface area contributed by atoms with Crippen LogP contribution in [0.15, 0.2) is 47.1 Å². The van der Waals surface area contributed by atoms with E-state index >= 15 is 0 Å². The van der Waals surface area contributed by atoms with Crippen molar-refractivity contribution in [1.82, 2.24) is 9.88 Å². The van der Waals surface area contributed by atoms with Gasteiger partial charge in [0.2, 0.25) is 0 Å². The Kier molecular flexibility index (Phi) is 4.78. The lowest BCUT2D eigenvalue weighted by Gasteiger charge is -2.11. The third kappa shape index (κ3) is 3.72. The van der Waals surface area contributed by atoms with Gasteiger partial charge in [0, 0.05) is 17.1 Å². The molecule has 0 saturated heterocycles. The first-order valence-electron chi connectivity index (χ1n) is 7.59. The van der Waals surface area contributed by atoms with Crippen LogP contribution < -0.4 is 5.32 Å². The Bertz CT molecular complexity index is 838. The molecular formula is C18H19N3O2S. The van der Waals surface area contributed by atoms with Crippen LogP contribution in [0.3, 0.4) is 0 Å². The van der Waals surface area contributed by atoms with E-state index in [4.69, 9.17) is 4.42 Å². The van der Waals surface area contributed by atoms with E-state index in [-0.39, 0.29) is 5.91 Å². The highest BCUT2D eigenvalue weighted by Crippen LogP contribution is 2.28. The largest absolute Gasteiger partial charge is 0.462 e. The van der Waals surface area contributed by atoms with Crippen LogP contribution in [0.4, 0.5) is 5.69 Å². The number of aryl methyl sites for hydroxylation is 1. The van der Waals surface area contributed by atoms with Gasteiger partial charge in [0.05, 0.1) is 6.26 Å². The maximum absolute atomic E-state index is 12.5. The molecule has 1 aromatic carbocycles. The molecule has 0 radical (unpaired) electrons. The summed E-state index contributed by atoms with van der Waals surface area (Å²) in [6.07, 6.45) is 1.60. The molecule has 0 atom stereocenters. The first-order valence-corrected chi connectivity index (χ1v) is 8.41. The second-order valence-electron chi connectivity index (χ2n) is 5.79. The minimum absolute atomic E-state index is 0.205. The molecule has 1 amide bonds. The molecule has 24 heavy (non-hydrogen) atoms. The SMILES string of the molecule is Cc1sc(-c2ccco2)nc1C(=O)Nc1cccc(CN(C)C)c1. The molecule has 0 bridgehead atoms. The summed E-state index contributed by atoms with van der Waals surface area (Å²) < 4.78 is 5.35. The lowest BCUT2D eigenvalue weighted by Crippen LogP contribution is -2.14. The van der Waals surface area contributed by atoms with Gasteiger partial charge in [-0.3, -0.25) is 4.79 Å². The number of anilines is 1. The molecule has 0 aliphatic carbocycles. The number of carbonyl (C=O) groups excluding carboxylic acids is 1. The Morgan fingerprint density at radius 2 is 2.12 bits per heavy atom. The maximum atomic E-state index is 12.5. The third-order valence-electron chi connectivity index (χ3n) is 3.43. The van der Waals surface area contributed by atoms with Crippen molar-refractivity contribution in [2.24, 2.45) is 0 Å². The molecule has 2 heterocycles. The number of amides is 1. The van der Waals surface area contributed by atoms with Crippen LogP contribution in [-0.2, 0) is 6.54 Å². The highest BCUT2D eigenvalue weighted by atomic mass is 32.1. The summed E-state index contributed by atoms with van der Waals surface area (Å²) in [5.74, 6) is 0.471. The zero-order chi connectivity index (χ0) is 17.1. The van der Waals surface area contributed by atoms with Crippen molar-refractivity contribution in [3.8, 4) is 10.8 Å². The second kappa shape index (κ2) is 6.98. The van der Waals surface area contributed by atoms with Crippen molar-refractivity contribution in [3.63, 3.8) is 0 Å². The number of aromatic nitrogens is 1. The first-order chi connectivity index (χ1) is 11.5. The summed E-state index contributed by atoms with van der Waals surface area (Å²) in [7, 11) is 4.03. The second-order valence-corrected chi connectivity index (χ2v) is 7.00. The molecule has 6 heteroatoms. The van der Waals surface area contributed by atoms with Crippen LogP contribution in [-0.4, -0.2) is 29.9 Å². The summed E-state index contributed by atoms with van der Waals surface area (Å²) >= 11 is 1.45. The molecule has 2 aromatic heterocycles. The fourth-order valence-corrected chi connectivity index (χ4v) is 3.29. The molecule has 3 rings (SSSR count). The molecule has 0 spiro atoms. The van der Waals surface area contributed by atoms with Crippen molar-refractivity contribution in [1.29, 1.82) is 0 Å². The van der Waals surface area contributed by atoms with E-state index in [0.29, 0.717) is 16.5 Å². The van der Waals surface area contributed by atoms with Gasteiger partial charge in [-0.25, -0.2) is 4.98 Å². The summed E-state index contributed by atoms with van der Waals surface area (Å²) in [5.41, 5.74) is 2.35. The summed E-state index contributed by atoms with van der Waals surface area (Å²) in [5, 5.41) is 3.64. The van der Waals surface area contributed by atoms with Crippen molar-refractivity contribution >= 4 is 22.9 Å². The zero-order valence-corrected chi connectivity index (χ0v) is 14.7. The fraction of sp³-hybridized carbons (Fsp3) is 0.222. The average Bonchev–Trinajstić information content (AvgIpc) is 3.16. The zero-order valence-electron chi connectivity index (χ0n) is 13.9. The molecule has 1 N–H and O–H groups in total. The summed E-state index contributed by atoms with van der Waals surface area (Å²) in [6.45, 7) is 2.71. The summed E-state index contributed by atoms with van der Waals surface area (Å²) in [4.78, 5) is 19.9. The first kappa shape index (κ1) is 16.4. The van der Waals surface area contributed by atoms with Gasteiger partial charge in [-0.1, -0.05) is 12.1 Å². The van der Waals surface area contributed by atoms with Crippen LogP contribution in [0.1, 0.15) is 20.9 Å². The van der Waals surface area contributed by atoms with Gasteiger partial charge in [-0.15, -0.1) is 11.3 Å². The number of hydrogen-bond donors (Lipinski definition) is 1. The smallest absolute Gasteiger partial charge is 0.275 e. The number of nitrogens with zero attached hydrogens (tertiary/aromatic N) is 2. The molecule has 0 aliphatic rings. The van der Waals surface area contributed by atoms with E-state index in [9.17, 15) is 4.79 Å². The van der Waals surface area contributed by atoms with E-state index in [0.717, 1.165) is 22.7 Å². The van der Waals surface area contributed by atoms with E-state index in [1.807, 2.05) is 57.4 Å².